The van der Waals surface area contributed by atoms with Crippen molar-refractivity contribution in [2.75, 3.05) is 38.1 Å². The molecule has 0 saturated carbocycles. The Morgan fingerprint density at radius 2 is 1.94 bits per heavy atom. The van der Waals surface area contributed by atoms with Crippen LogP contribution in [-0.4, -0.2) is 44.1 Å². The first-order valence-electron chi connectivity index (χ1n) is 11.5. The Morgan fingerprint density at radius 1 is 1.10 bits per heavy atom. The van der Waals surface area contributed by atoms with Crippen LogP contribution >= 0.6 is 11.6 Å². The standard InChI is InChI=1S/C24H23ClN4O2/c1-31-22-5-2-14(12-20(22)25)15-10-18-17-4-3-16(29-8-6-27-7-9-29)13-21(17)28-23(18)19(11-15)24(26)30/h2-5,10-13,27-28H,6-9H2,1H3,(H2,26,30)/i1D3. The molecule has 6 nitrogen and oxygen atoms in total. The molecule has 4 aromatic rings. The molecule has 0 atom stereocenters. The number of benzene rings is 3. The Bertz CT molecular complexity index is 1410. The van der Waals surface area contributed by atoms with Crippen LogP contribution in [0.15, 0.2) is 48.5 Å². The maximum atomic E-state index is 12.3. The smallest absolute Gasteiger partial charge is 0.250 e. The largest absolute Gasteiger partial charge is 0.495 e. The highest BCUT2D eigenvalue weighted by molar-refractivity contribution is 6.32. The Morgan fingerprint density at radius 3 is 2.68 bits per heavy atom. The van der Waals surface area contributed by atoms with Gasteiger partial charge in [-0.05, 0) is 47.5 Å². The SMILES string of the molecule is [2H]C([2H])([2H])Oc1ccc(-c2cc(C(N)=O)c3[nH]c4cc(N5CCNCC5)ccc4c3c2)cc1Cl. The highest BCUT2D eigenvalue weighted by atomic mass is 35.5. The molecule has 1 saturated heterocycles. The molecule has 0 unspecified atom stereocenters. The van der Waals surface area contributed by atoms with Gasteiger partial charge in [-0.1, -0.05) is 23.7 Å². The van der Waals surface area contributed by atoms with Gasteiger partial charge in [0, 0.05) is 48.2 Å². The zero-order valence-corrected chi connectivity index (χ0v) is 17.4. The number of ether oxygens (including phenoxy) is 1. The van der Waals surface area contributed by atoms with Gasteiger partial charge in [0.05, 0.1) is 27.3 Å². The van der Waals surface area contributed by atoms with Crippen molar-refractivity contribution in [2.24, 2.45) is 5.73 Å². The van der Waals surface area contributed by atoms with Crippen LogP contribution in [0.25, 0.3) is 32.9 Å². The van der Waals surface area contributed by atoms with Crippen molar-refractivity contribution in [3.05, 3.63) is 59.1 Å². The third-order valence-corrected chi connectivity index (χ3v) is 6.11. The van der Waals surface area contributed by atoms with Gasteiger partial charge in [0.2, 0.25) is 0 Å². The van der Waals surface area contributed by atoms with E-state index < -0.39 is 12.9 Å². The summed E-state index contributed by atoms with van der Waals surface area (Å²) in [5.41, 5.74) is 10.3. The number of carbonyl (C=O) groups excluding carboxylic acids is 1. The second-order valence-corrected chi connectivity index (χ2v) is 8.06. The predicted molar refractivity (Wildman–Crippen MR) is 126 cm³/mol. The number of halogens is 1. The third kappa shape index (κ3) is 3.48. The van der Waals surface area contributed by atoms with Crippen LogP contribution in [0.3, 0.4) is 0 Å². The number of aromatic nitrogens is 1. The number of nitrogens with one attached hydrogen (secondary N) is 2. The Kier molecular flexibility index (Phi) is 4.14. The zero-order chi connectivity index (χ0) is 24.0. The number of piperazine rings is 1. The van der Waals surface area contributed by atoms with E-state index in [2.05, 4.69) is 33.4 Å². The second kappa shape index (κ2) is 7.80. The van der Waals surface area contributed by atoms with Gasteiger partial charge in [-0.3, -0.25) is 4.79 Å². The van der Waals surface area contributed by atoms with Gasteiger partial charge < -0.3 is 25.7 Å². The maximum Gasteiger partial charge on any atom is 0.250 e. The molecule has 1 aromatic heterocycles. The molecule has 1 aliphatic rings. The molecule has 0 spiro atoms. The Balaban J connectivity index is 1.61. The number of nitrogens with zero attached hydrogens (tertiary/aromatic N) is 1. The van der Waals surface area contributed by atoms with E-state index in [0.717, 1.165) is 53.7 Å². The van der Waals surface area contributed by atoms with Gasteiger partial charge in [-0.15, -0.1) is 0 Å². The van der Waals surface area contributed by atoms with E-state index >= 15 is 0 Å². The van der Waals surface area contributed by atoms with Crippen molar-refractivity contribution in [2.45, 2.75) is 0 Å². The van der Waals surface area contributed by atoms with Crippen LogP contribution in [0, 0.1) is 0 Å². The van der Waals surface area contributed by atoms with Gasteiger partial charge in [0.1, 0.15) is 5.75 Å². The van der Waals surface area contributed by atoms with Gasteiger partial charge in [-0.2, -0.15) is 0 Å². The lowest BCUT2D eigenvalue weighted by Crippen LogP contribution is -2.43. The summed E-state index contributed by atoms with van der Waals surface area (Å²) in [4.78, 5) is 18.1. The average molecular weight is 438 g/mol. The van der Waals surface area contributed by atoms with Crippen molar-refractivity contribution in [3.8, 4) is 16.9 Å². The quantitative estimate of drug-likeness (QED) is 0.447. The van der Waals surface area contributed by atoms with Crippen molar-refractivity contribution in [1.82, 2.24) is 10.3 Å². The van der Waals surface area contributed by atoms with Crippen molar-refractivity contribution < 1.29 is 13.6 Å². The number of aromatic amines is 1. The lowest BCUT2D eigenvalue weighted by atomic mass is 9.98. The number of methoxy groups -OCH3 is 1. The fourth-order valence-electron chi connectivity index (χ4n) is 4.24. The summed E-state index contributed by atoms with van der Waals surface area (Å²) in [5, 5.41) is 5.36. The molecule has 1 amide bonds. The van der Waals surface area contributed by atoms with Crippen LogP contribution in [-0.2, 0) is 0 Å². The second-order valence-electron chi connectivity index (χ2n) is 7.65. The first kappa shape index (κ1) is 16.5. The lowest BCUT2D eigenvalue weighted by molar-refractivity contribution is 0.100. The fraction of sp³-hybridized carbons (Fsp3) is 0.208. The molecule has 1 aliphatic heterocycles. The van der Waals surface area contributed by atoms with Gasteiger partial charge in [0.15, 0.2) is 0 Å². The first-order valence-corrected chi connectivity index (χ1v) is 10.4. The summed E-state index contributed by atoms with van der Waals surface area (Å²) in [7, 11) is -2.60. The Labute approximate surface area is 189 Å². The van der Waals surface area contributed by atoms with Gasteiger partial charge in [-0.25, -0.2) is 0 Å². The lowest BCUT2D eigenvalue weighted by Gasteiger charge is -2.29. The molecule has 7 heteroatoms. The molecule has 0 bridgehead atoms. The number of amides is 1. The molecular weight excluding hydrogens is 412 g/mol. The molecule has 3 aromatic carbocycles. The molecular formula is C24H23ClN4O2. The number of fused-ring (bicyclic) bond motifs is 3. The summed E-state index contributed by atoms with van der Waals surface area (Å²) in [6.07, 6.45) is 0. The van der Waals surface area contributed by atoms with Crippen LogP contribution in [0.4, 0.5) is 5.69 Å². The molecule has 2 heterocycles. The van der Waals surface area contributed by atoms with Crippen LogP contribution in [0.5, 0.6) is 5.75 Å². The predicted octanol–water partition coefficient (Wildman–Crippen LogP) is 4.16. The minimum Gasteiger partial charge on any atom is -0.495 e. The monoisotopic (exact) mass is 437 g/mol. The number of nitrogens with two attached hydrogens (primary N) is 1. The normalized spacial score (nSPS) is 16.2. The average Bonchev–Trinajstić information content (AvgIpc) is 3.17. The molecule has 4 N–H and O–H groups in total. The van der Waals surface area contributed by atoms with Crippen molar-refractivity contribution in [1.29, 1.82) is 0 Å². The number of carbonyl (C=O) groups is 1. The fourth-order valence-corrected chi connectivity index (χ4v) is 4.46. The van der Waals surface area contributed by atoms with Crippen molar-refractivity contribution >= 4 is 45.0 Å². The molecule has 1 fully saturated rings. The number of primary amides is 1. The maximum absolute atomic E-state index is 12.3. The molecule has 5 rings (SSSR count). The third-order valence-electron chi connectivity index (χ3n) is 5.81. The minimum atomic E-state index is -2.60. The number of H-pyrrole nitrogens is 1. The number of hydrogen-bond donors (Lipinski definition) is 3. The van der Waals surface area contributed by atoms with E-state index in [1.807, 2.05) is 6.07 Å². The van der Waals surface area contributed by atoms with Crippen LogP contribution < -0.4 is 20.7 Å². The van der Waals surface area contributed by atoms with E-state index in [9.17, 15) is 4.79 Å². The summed E-state index contributed by atoms with van der Waals surface area (Å²) in [6, 6.07) is 14.8. The molecule has 0 aliphatic carbocycles. The first-order chi connectivity index (χ1) is 16.2. The summed E-state index contributed by atoms with van der Waals surface area (Å²) in [6.45, 7) is 3.76. The molecule has 158 valence electrons. The summed E-state index contributed by atoms with van der Waals surface area (Å²) < 4.78 is 26.8. The molecule has 31 heavy (non-hydrogen) atoms. The molecule has 0 radical (unpaired) electrons. The summed E-state index contributed by atoms with van der Waals surface area (Å²) >= 11 is 6.29. The Hall–Kier alpha value is -3.22. The van der Waals surface area contributed by atoms with Crippen LogP contribution in [0.1, 0.15) is 14.5 Å². The summed E-state index contributed by atoms with van der Waals surface area (Å²) in [5.74, 6) is -0.483. The van der Waals surface area contributed by atoms with Crippen molar-refractivity contribution in [3.63, 3.8) is 0 Å². The van der Waals surface area contributed by atoms with E-state index in [4.69, 9.17) is 26.2 Å². The van der Waals surface area contributed by atoms with Gasteiger partial charge >= 0.3 is 0 Å². The topological polar surface area (TPSA) is 83.4 Å². The highest BCUT2D eigenvalue weighted by Gasteiger charge is 2.17. The number of hydrogen-bond acceptors (Lipinski definition) is 4. The van der Waals surface area contributed by atoms with Gasteiger partial charge in [0.25, 0.3) is 5.91 Å². The number of rotatable bonds is 4. The number of anilines is 1. The minimum absolute atomic E-state index is 0.0640. The highest BCUT2D eigenvalue weighted by Crippen LogP contribution is 2.36. The van der Waals surface area contributed by atoms with Crippen LogP contribution in [0.2, 0.25) is 5.02 Å². The van der Waals surface area contributed by atoms with E-state index in [1.54, 1.807) is 18.2 Å². The van der Waals surface area contributed by atoms with E-state index in [1.165, 1.54) is 6.07 Å². The zero-order valence-electron chi connectivity index (χ0n) is 19.7. The van der Waals surface area contributed by atoms with E-state index in [0.29, 0.717) is 16.6 Å². The van der Waals surface area contributed by atoms with E-state index in [-0.39, 0.29) is 10.8 Å².